The topological polar surface area (TPSA) is 61.8 Å². The van der Waals surface area contributed by atoms with Gasteiger partial charge in [-0.05, 0) is 0 Å². The van der Waals surface area contributed by atoms with Gasteiger partial charge in [-0.2, -0.15) is 0 Å². The van der Waals surface area contributed by atoms with Gasteiger partial charge in [-0.1, -0.05) is 22.9 Å². The molecule has 0 N–H and O–H groups in total. The maximum Gasteiger partial charge on any atom is 0.303 e. The number of hydrogen-bond donors (Lipinski definition) is 0. The lowest BCUT2D eigenvalue weighted by atomic mass is 9.93. The van der Waals surface area contributed by atoms with E-state index in [1.807, 2.05) is 0 Å². The predicted octanol–water partition coefficient (Wildman–Crippen LogP) is 1.58. The van der Waals surface area contributed by atoms with Gasteiger partial charge in [-0.3, -0.25) is 9.59 Å². The van der Waals surface area contributed by atoms with E-state index in [4.69, 9.17) is 14.2 Å². The fourth-order valence-corrected chi connectivity index (χ4v) is 2.39. The Morgan fingerprint density at radius 2 is 1.94 bits per heavy atom. The Kier molecular flexibility index (Phi) is 5.52. The van der Waals surface area contributed by atoms with Crippen LogP contribution in [-0.2, 0) is 23.8 Å². The number of carbonyl (C=O) groups is 2. The van der Waals surface area contributed by atoms with Crippen molar-refractivity contribution in [2.45, 2.75) is 44.2 Å². The van der Waals surface area contributed by atoms with Crippen molar-refractivity contribution in [1.29, 1.82) is 0 Å². The highest BCUT2D eigenvalue weighted by Crippen LogP contribution is 2.33. The SMILES string of the molecule is CC(=O)OC[C@H]1O[C@H](Br)[C@H](OC(C)=O)[C@@H](F)[C@H]1C. The molecule has 0 spiro atoms. The van der Waals surface area contributed by atoms with E-state index >= 15 is 0 Å². The minimum Gasteiger partial charge on any atom is -0.463 e. The Balaban J connectivity index is 2.64. The zero-order chi connectivity index (χ0) is 13.9. The van der Waals surface area contributed by atoms with Crippen LogP contribution in [0.25, 0.3) is 0 Å². The fraction of sp³-hybridized carbons (Fsp3) is 0.818. The number of alkyl halides is 2. The van der Waals surface area contributed by atoms with Gasteiger partial charge in [0, 0.05) is 19.8 Å². The maximum absolute atomic E-state index is 14.1. The molecule has 104 valence electrons. The molecular weight excluding hydrogens is 311 g/mol. The zero-order valence-corrected chi connectivity index (χ0v) is 12.0. The molecule has 1 saturated heterocycles. The van der Waals surface area contributed by atoms with Crippen molar-refractivity contribution >= 4 is 27.9 Å². The fourth-order valence-electron chi connectivity index (χ4n) is 1.72. The lowest BCUT2D eigenvalue weighted by Crippen LogP contribution is -2.52. The Hall–Kier alpha value is -0.690. The third-order valence-corrected chi connectivity index (χ3v) is 3.46. The van der Waals surface area contributed by atoms with Gasteiger partial charge >= 0.3 is 11.9 Å². The molecule has 1 rings (SSSR count). The average molecular weight is 327 g/mol. The summed E-state index contributed by atoms with van der Waals surface area (Å²) in [4.78, 5) is 21.6. The van der Waals surface area contributed by atoms with Crippen LogP contribution in [0.1, 0.15) is 20.8 Å². The quantitative estimate of drug-likeness (QED) is 0.582. The third-order valence-electron chi connectivity index (χ3n) is 2.72. The van der Waals surface area contributed by atoms with Gasteiger partial charge in [0.15, 0.2) is 11.1 Å². The molecule has 1 fully saturated rings. The average Bonchev–Trinajstić information content (AvgIpc) is 2.27. The summed E-state index contributed by atoms with van der Waals surface area (Å²) >= 11 is 3.12. The minimum absolute atomic E-state index is 0.0220. The molecule has 1 aliphatic heterocycles. The van der Waals surface area contributed by atoms with E-state index in [0.717, 1.165) is 0 Å². The highest BCUT2D eigenvalue weighted by molar-refractivity contribution is 9.09. The monoisotopic (exact) mass is 326 g/mol. The molecule has 0 bridgehead atoms. The van der Waals surface area contributed by atoms with Crippen LogP contribution < -0.4 is 0 Å². The second-order valence-corrected chi connectivity index (χ2v) is 5.11. The first kappa shape index (κ1) is 15.4. The number of hydrogen-bond acceptors (Lipinski definition) is 5. The van der Waals surface area contributed by atoms with Crippen LogP contribution in [0.15, 0.2) is 0 Å². The Labute approximate surface area is 113 Å². The van der Waals surface area contributed by atoms with Crippen LogP contribution in [0.4, 0.5) is 4.39 Å². The van der Waals surface area contributed by atoms with Crippen molar-refractivity contribution in [3.05, 3.63) is 0 Å². The van der Waals surface area contributed by atoms with E-state index < -0.39 is 41.2 Å². The molecule has 0 aromatic rings. The molecular formula is C11H16BrFO5. The van der Waals surface area contributed by atoms with Gasteiger partial charge in [0.1, 0.15) is 12.8 Å². The summed E-state index contributed by atoms with van der Waals surface area (Å²) in [6.45, 7) is 4.08. The van der Waals surface area contributed by atoms with Crippen molar-refractivity contribution in [2.24, 2.45) is 5.92 Å². The van der Waals surface area contributed by atoms with Gasteiger partial charge in [0.05, 0.1) is 6.10 Å². The number of carbonyl (C=O) groups excluding carboxylic acids is 2. The van der Waals surface area contributed by atoms with Gasteiger partial charge < -0.3 is 14.2 Å². The standard InChI is InChI=1S/C11H16BrFO5/c1-5-8(4-16-6(2)14)18-11(12)10(9(5)13)17-7(3)15/h5,8-11H,4H2,1-3H3/t5-,8+,9-,10+,11-/m0/s1. The lowest BCUT2D eigenvalue weighted by Gasteiger charge is -2.39. The molecule has 18 heavy (non-hydrogen) atoms. The van der Waals surface area contributed by atoms with E-state index in [9.17, 15) is 14.0 Å². The molecule has 0 aliphatic carbocycles. The first-order valence-corrected chi connectivity index (χ1v) is 6.48. The minimum atomic E-state index is -1.38. The van der Waals surface area contributed by atoms with Gasteiger partial charge in [0.25, 0.3) is 0 Å². The van der Waals surface area contributed by atoms with Crippen molar-refractivity contribution in [2.75, 3.05) is 6.61 Å². The third kappa shape index (κ3) is 3.91. The van der Waals surface area contributed by atoms with E-state index in [-0.39, 0.29) is 6.61 Å². The zero-order valence-electron chi connectivity index (χ0n) is 10.4. The van der Waals surface area contributed by atoms with E-state index in [1.165, 1.54) is 13.8 Å². The summed E-state index contributed by atoms with van der Waals surface area (Å²) in [5.41, 5.74) is 0. The number of ether oxygens (including phenoxy) is 3. The van der Waals surface area contributed by atoms with Gasteiger partial charge in [0.2, 0.25) is 0 Å². The van der Waals surface area contributed by atoms with Crippen molar-refractivity contribution < 1.29 is 28.2 Å². The maximum atomic E-state index is 14.1. The first-order chi connectivity index (χ1) is 8.32. The molecule has 1 aliphatic rings. The second kappa shape index (κ2) is 6.47. The molecule has 0 radical (unpaired) electrons. The summed E-state index contributed by atoms with van der Waals surface area (Å²) in [6.07, 6.45) is -2.95. The molecule has 0 aromatic heterocycles. The van der Waals surface area contributed by atoms with Crippen molar-refractivity contribution in [3.8, 4) is 0 Å². The molecule has 1 heterocycles. The molecule has 0 aromatic carbocycles. The summed E-state index contributed by atoms with van der Waals surface area (Å²) < 4.78 is 29.2. The first-order valence-electron chi connectivity index (χ1n) is 5.57. The number of halogens is 2. The van der Waals surface area contributed by atoms with E-state index in [2.05, 4.69) is 15.9 Å². The van der Waals surface area contributed by atoms with Gasteiger partial charge in [-0.15, -0.1) is 0 Å². The predicted molar refractivity (Wildman–Crippen MR) is 63.8 cm³/mol. The van der Waals surface area contributed by atoms with Gasteiger partial charge in [-0.25, -0.2) is 4.39 Å². The van der Waals surface area contributed by atoms with Crippen molar-refractivity contribution in [1.82, 2.24) is 0 Å². The number of rotatable bonds is 3. The van der Waals surface area contributed by atoms with Crippen LogP contribution in [0.3, 0.4) is 0 Å². The Bertz CT molecular complexity index is 323. The van der Waals surface area contributed by atoms with Crippen LogP contribution >= 0.6 is 15.9 Å². The summed E-state index contributed by atoms with van der Waals surface area (Å²) in [5, 5.41) is -0.756. The highest BCUT2D eigenvalue weighted by Gasteiger charge is 2.45. The number of esters is 2. The van der Waals surface area contributed by atoms with Crippen LogP contribution in [0.5, 0.6) is 0 Å². The smallest absolute Gasteiger partial charge is 0.303 e. The lowest BCUT2D eigenvalue weighted by molar-refractivity contribution is -0.188. The normalized spacial score (nSPS) is 35.9. The largest absolute Gasteiger partial charge is 0.463 e. The molecule has 0 unspecified atom stereocenters. The highest BCUT2D eigenvalue weighted by atomic mass is 79.9. The molecule has 0 amide bonds. The van der Waals surface area contributed by atoms with Crippen LogP contribution in [0.2, 0.25) is 0 Å². The molecule has 5 nitrogen and oxygen atoms in total. The molecule has 0 saturated carbocycles. The van der Waals surface area contributed by atoms with E-state index in [1.54, 1.807) is 6.92 Å². The summed E-state index contributed by atoms with van der Waals surface area (Å²) in [7, 11) is 0. The van der Waals surface area contributed by atoms with E-state index in [0.29, 0.717) is 0 Å². The second-order valence-electron chi connectivity index (χ2n) is 4.21. The van der Waals surface area contributed by atoms with Crippen molar-refractivity contribution in [3.63, 3.8) is 0 Å². The Morgan fingerprint density at radius 3 is 2.44 bits per heavy atom. The molecule has 7 heteroatoms. The Morgan fingerprint density at radius 1 is 1.33 bits per heavy atom. The van der Waals surface area contributed by atoms with Crippen LogP contribution in [0, 0.1) is 5.92 Å². The summed E-state index contributed by atoms with van der Waals surface area (Å²) in [5.74, 6) is -1.56. The van der Waals surface area contributed by atoms with Crippen LogP contribution in [-0.4, -0.2) is 41.9 Å². The summed E-state index contributed by atoms with van der Waals surface area (Å²) in [6, 6.07) is 0. The molecule has 5 atom stereocenters.